The number of anilines is 1. The van der Waals surface area contributed by atoms with Crippen LogP contribution < -0.4 is 9.50 Å². The number of pyridine rings is 1. The van der Waals surface area contributed by atoms with E-state index in [2.05, 4.69) is 26.2 Å². The van der Waals surface area contributed by atoms with Crippen LogP contribution >= 0.6 is 15.9 Å². The summed E-state index contributed by atoms with van der Waals surface area (Å²) in [6, 6.07) is 12.0. The number of hydrogen-bond donors (Lipinski definition) is 1. The van der Waals surface area contributed by atoms with Gasteiger partial charge < -0.3 is 14.4 Å². The second-order valence-corrected chi connectivity index (χ2v) is 9.25. The topological polar surface area (TPSA) is 88.6 Å². The van der Waals surface area contributed by atoms with Crippen LogP contribution in [0.25, 0.3) is 0 Å². The van der Waals surface area contributed by atoms with Gasteiger partial charge in [0.05, 0.1) is 11.7 Å². The molecular formula is C19H22BrN3O4S. The second-order valence-electron chi connectivity index (χ2n) is 6.65. The summed E-state index contributed by atoms with van der Waals surface area (Å²) >= 11 is 3.31. The molecule has 0 bridgehead atoms. The van der Waals surface area contributed by atoms with Crippen LogP contribution in [0.5, 0.6) is 5.75 Å². The van der Waals surface area contributed by atoms with Gasteiger partial charge in [-0.3, -0.25) is 4.79 Å². The van der Waals surface area contributed by atoms with Crippen LogP contribution in [-0.2, 0) is 14.9 Å². The Labute approximate surface area is 173 Å². The lowest BCUT2D eigenvalue weighted by Crippen LogP contribution is -2.42. The van der Waals surface area contributed by atoms with Crippen molar-refractivity contribution in [2.75, 3.05) is 30.7 Å². The summed E-state index contributed by atoms with van der Waals surface area (Å²) in [6.07, 6.45) is 3.23. The normalized spacial score (nSPS) is 17.8. The molecule has 1 aromatic carbocycles. The fourth-order valence-corrected chi connectivity index (χ4v) is 4.26. The molecule has 3 rings (SSSR count). The highest BCUT2D eigenvalue weighted by Crippen LogP contribution is 2.19. The van der Waals surface area contributed by atoms with E-state index in [-0.39, 0.29) is 17.6 Å². The van der Waals surface area contributed by atoms with Crippen molar-refractivity contribution in [3.05, 3.63) is 53.1 Å². The summed E-state index contributed by atoms with van der Waals surface area (Å²) in [5, 5.41) is 2.82. The van der Waals surface area contributed by atoms with Crippen LogP contribution in [0.1, 0.15) is 12.8 Å². The molecule has 0 spiro atoms. The second kappa shape index (κ2) is 9.49. The van der Waals surface area contributed by atoms with Crippen molar-refractivity contribution >= 4 is 37.8 Å². The first-order chi connectivity index (χ1) is 13.4. The Kier molecular flexibility index (Phi) is 7.03. The lowest BCUT2D eigenvalue weighted by molar-refractivity contribution is -0.121. The van der Waals surface area contributed by atoms with Crippen molar-refractivity contribution in [1.29, 1.82) is 0 Å². The first kappa shape index (κ1) is 20.8. The molecule has 0 saturated carbocycles. The molecule has 1 aliphatic heterocycles. The molecule has 0 aliphatic carbocycles. The van der Waals surface area contributed by atoms with Gasteiger partial charge in [-0.1, -0.05) is 18.2 Å². The zero-order valence-electron chi connectivity index (χ0n) is 15.3. The molecule has 150 valence electrons. The maximum Gasteiger partial charge on any atom is 0.310 e. The number of para-hydroxylation sites is 1. The highest BCUT2D eigenvalue weighted by Gasteiger charge is 2.27. The fourth-order valence-electron chi connectivity index (χ4n) is 3.06. The predicted octanol–water partition coefficient (Wildman–Crippen LogP) is 2.90. The molecule has 1 aromatic heterocycles. The number of nitrogens with zero attached hydrogens (tertiary/aromatic N) is 2. The summed E-state index contributed by atoms with van der Waals surface area (Å²) < 4.78 is 30.3. The van der Waals surface area contributed by atoms with Gasteiger partial charge in [0.1, 0.15) is 11.6 Å². The Balaban J connectivity index is 1.50. The minimum absolute atomic E-state index is 0.0945. The van der Waals surface area contributed by atoms with Crippen LogP contribution in [0.4, 0.5) is 5.82 Å². The summed E-state index contributed by atoms with van der Waals surface area (Å²) in [4.78, 5) is 18.7. The lowest BCUT2D eigenvalue weighted by atomic mass is 9.97. The van der Waals surface area contributed by atoms with Crippen LogP contribution in [0.15, 0.2) is 53.1 Å². The summed E-state index contributed by atoms with van der Waals surface area (Å²) in [5.74, 6) is 0.397. The Morgan fingerprint density at radius 1 is 1.25 bits per heavy atom. The van der Waals surface area contributed by atoms with Gasteiger partial charge in [-0.25, -0.2) is 4.98 Å². The first-order valence-electron chi connectivity index (χ1n) is 9.03. The minimum atomic E-state index is -3.68. The molecule has 1 saturated heterocycles. The van der Waals surface area contributed by atoms with Gasteiger partial charge >= 0.3 is 10.1 Å². The summed E-state index contributed by atoms with van der Waals surface area (Å²) in [5.41, 5.74) is 0. The maximum atomic E-state index is 12.5. The third-order valence-electron chi connectivity index (χ3n) is 4.48. The highest BCUT2D eigenvalue weighted by molar-refractivity contribution is 9.10. The molecule has 9 heteroatoms. The molecular weight excluding hydrogens is 446 g/mol. The molecule has 2 heterocycles. The van der Waals surface area contributed by atoms with Crippen molar-refractivity contribution in [3.8, 4) is 5.75 Å². The average Bonchev–Trinajstić information content (AvgIpc) is 2.69. The Bertz CT molecular complexity index is 891. The van der Waals surface area contributed by atoms with Crippen molar-refractivity contribution < 1.29 is 17.4 Å². The van der Waals surface area contributed by atoms with E-state index in [1.807, 2.05) is 11.0 Å². The predicted molar refractivity (Wildman–Crippen MR) is 111 cm³/mol. The number of amides is 1. The number of carbonyl (C=O) groups is 1. The zero-order valence-corrected chi connectivity index (χ0v) is 17.7. The standard InChI is InChI=1S/C19H22BrN3O4S/c20-16-8-9-18(21-13-16)22-19(24)15-5-4-10-23(14-15)11-12-28(25,26)27-17-6-2-1-3-7-17/h1-3,6-9,13,15H,4-5,10-12,14H2,(H,21,22,24). The Hall–Kier alpha value is -1.97. The van der Waals surface area contributed by atoms with E-state index in [9.17, 15) is 13.2 Å². The zero-order chi connectivity index (χ0) is 20.0. The summed E-state index contributed by atoms with van der Waals surface area (Å²) in [6.45, 7) is 1.61. The van der Waals surface area contributed by atoms with Crippen molar-refractivity contribution in [3.63, 3.8) is 0 Å². The van der Waals surface area contributed by atoms with E-state index in [1.54, 1.807) is 42.6 Å². The maximum absolute atomic E-state index is 12.5. The molecule has 28 heavy (non-hydrogen) atoms. The van der Waals surface area contributed by atoms with Crippen molar-refractivity contribution in [2.24, 2.45) is 5.92 Å². The number of nitrogens with one attached hydrogen (secondary N) is 1. The Morgan fingerprint density at radius 3 is 2.75 bits per heavy atom. The van der Waals surface area contributed by atoms with E-state index >= 15 is 0 Å². The molecule has 7 nitrogen and oxygen atoms in total. The molecule has 1 N–H and O–H groups in total. The van der Waals surface area contributed by atoms with Crippen LogP contribution in [0.3, 0.4) is 0 Å². The number of benzene rings is 1. The van der Waals surface area contributed by atoms with Gasteiger partial charge in [0.2, 0.25) is 5.91 Å². The van der Waals surface area contributed by atoms with Crippen LogP contribution in [0, 0.1) is 5.92 Å². The lowest BCUT2D eigenvalue weighted by Gasteiger charge is -2.31. The minimum Gasteiger partial charge on any atom is -0.382 e. The van der Waals surface area contributed by atoms with Gasteiger partial charge in [0.15, 0.2) is 0 Å². The smallest absolute Gasteiger partial charge is 0.310 e. The third kappa shape index (κ3) is 6.29. The van der Waals surface area contributed by atoms with E-state index in [0.29, 0.717) is 24.7 Å². The quantitative estimate of drug-likeness (QED) is 0.629. The number of hydrogen-bond acceptors (Lipinski definition) is 6. The average molecular weight is 468 g/mol. The molecule has 1 fully saturated rings. The van der Waals surface area contributed by atoms with Crippen LogP contribution in [-0.4, -0.2) is 49.6 Å². The largest absolute Gasteiger partial charge is 0.382 e. The Morgan fingerprint density at radius 2 is 2.04 bits per heavy atom. The van der Waals surface area contributed by atoms with E-state index in [0.717, 1.165) is 23.9 Å². The van der Waals surface area contributed by atoms with Crippen LogP contribution in [0.2, 0.25) is 0 Å². The third-order valence-corrected chi connectivity index (χ3v) is 6.08. The number of halogens is 1. The van der Waals surface area contributed by atoms with Gasteiger partial charge in [-0.15, -0.1) is 0 Å². The first-order valence-corrected chi connectivity index (χ1v) is 11.4. The van der Waals surface area contributed by atoms with Gasteiger partial charge in [-0.2, -0.15) is 8.42 Å². The molecule has 1 atom stereocenters. The van der Waals surface area contributed by atoms with E-state index in [1.165, 1.54) is 0 Å². The number of likely N-dealkylation sites (tertiary alicyclic amines) is 1. The SMILES string of the molecule is O=C(Nc1ccc(Br)cn1)C1CCCN(CCS(=O)(=O)Oc2ccccc2)C1. The van der Waals surface area contributed by atoms with Crippen molar-refractivity contribution in [1.82, 2.24) is 9.88 Å². The number of carbonyl (C=O) groups excluding carboxylic acids is 1. The number of piperidine rings is 1. The highest BCUT2D eigenvalue weighted by atomic mass is 79.9. The molecule has 1 unspecified atom stereocenters. The van der Waals surface area contributed by atoms with E-state index in [4.69, 9.17) is 4.18 Å². The molecule has 1 amide bonds. The summed E-state index contributed by atoms with van der Waals surface area (Å²) in [7, 11) is -3.68. The molecule has 2 aromatic rings. The number of rotatable bonds is 7. The molecule has 0 radical (unpaired) electrons. The van der Waals surface area contributed by atoms with Gasteiger partial charge in [-0.05, 0) is 59.6 Å². The van der Waals surface area contributed by atoms with Crippen molar-refractivity contribution in [2.45, 2.75) is 12.8 Å². The van der Waals surface area contributed by atoms with Gasteiger partial charge in [0.25, 0.3) is 0 Å². The monoisotopic (exact) mass is 467 g/mol. The fraction of sp³-hybridized carbons (Fsp3) is 0.368. The number of aromatic nitrogens is 1. The molecule has 1 aliphatic rings. The van der Waals surface area contributed by atoms with Gasteiger partial charge in [0, 0.05) is 23.8 Å². The van der Waals surface area contributed by atoms with E-state index < -0.39 is 10.1 Å².